The van der Waals surface area contributed by atoms with Crippen LogP contribution < -0.4 is 0 Å². The topological polar surface area (TPSA) is 77.4 Å². The highest BCUT2D eigenvalue weighted by Gasteiger charge is 2.20. The van der Waals surface area contributed by atoms with E-state index in [4.69, 9.17) is 5.11 Å². The minimum absolute atomic E-state index is 0.0719. The van der Waals surface area contributed by atoms with Crippen LogP contribution in [0.1, 0.15) is 136 Å². The number of hydrogen-bond acceptors (Lipinski definition) is 4. The Morgan fingerprint density at radius 2 is 0.892 bits per heavy atom. The smallest absolute Gasteiger partial charge is 0.124 e. The maximum absolute atomic E-state index is 10.3. The van der Waals surface area contributed by atoms with Crippen molar-refractivity contribution in [3.63, 3.8) is 0 Å². The summed E-state index contributed by atoms with van der Waals surface area (Å²) in [4.78, 5) is -0.338. The lowest BCUT2D eigenvalue weighted by molar-refractivity contribution is -0.910. The van der Waals surface area contributed by atoms with Gasteiger partial charge in [-0.15, -0.1) is 0 Å². The third kappa shape index (κ3) is 21.5. The van der Waals surface area contributed by atoms with Crippen molar-refractivity contribution in [3.8, 4) is 5.75 Å². The summed E-state index contributed by atoms with van der Waals surface area (Å²) in [6.45, 7) is 11.2. The molecule has 0 heterocycles. The highest BCUT2D eigenvalue weighted by Crippen LogP contribution is 2.16. The third-order valence-corrected chi connectivity index (χ3v) is 8.13. The fourth-order valence-electron chi connectivity index (χ4n) is 4.77. The number of hydrogen-bond donors (Lipinski definition) is 1. The number of nitrogens with zero attached hydrogens (tertiary/aromatic N) is 1. The van der Waals surface area contributed by atoms with E-state index in [-0.39, 0.29) is 10.6 Å². The average molecular weight is 542 g/mol. The summed E-state index contributed by atoms with van der Waals surface area (Å²) in [6, 6.07) is 4.39. The molecule has 0 radical (unpaired) electrons. The Bertz CT molecular complexity index is 693. The molecule has 0 atom stereocenters. The highest BCUT2D eigenvalue weighted by molar-refractivity contribution is 7.85. The van der Waals surface area contributed by atoms with Crippen LogP contribution in [0.3, 0.4) is 0 Å². The molecule has 0 saturated heterocycles. The van der Waals surface area contributed by atoms with Gasteiger partial charge in [0, 0.05) is 0 Å². The van der Waals surface area contributed by atoms with E-state index >= 15 is 0 Å². The largest absolute Gasteiger partial charge is 0.744 e. The van der Waals surface area contributed by atoms with Crippen LogP contribution in [0.15, 0.2) is 29.2 Å². The molecule has 0 aliphatic carbocycles. The first kappa shape index (κ1) is 35.9. The maximum Gasteiger partial charge on any atom is 0.124 e. The fourth-order valence-corrected chi connectivity index (χ4v) is 5.24. The van der Waals surface area contributed by atoms with Crippen molar-refractivity contribution in [3.05, 3.63) is 24.3 Å². The molecule has 0 saturated carbocycles. The molecule has 0 unspecified atom stereocenters. The SMILES string of the molecule is CCCCCCCC[N+](C)(CCCCCCCC)CCCCCCCC.O=S(=O)([O-])c1ccc(O)cc1. The normalized spacial score (nSPS) is 11.8. The van der Waals surface area contributed by atoms with E-state index in [1.807, 2.05) is 0 Å². The number of benzene rings is 1. The molecule has 0 aliphatic rings. The summed E-state index contributed by atoms with van der Waals surface area (Å²) in [5.74, 6) is -0.0719. The van der Waals surface area contributed by atoms with Gasteiger partial charge in [0.05, 0.1) is 31.6 Å². The lowest BCUT2D eigenvalue weighted by Crippen LogP contribution is -2.46. The number of quaternary nitrogens is 1. The minimum Gasteiger partial charge on any atom is -0.744 e. The summed E-state index contributed by atoms with van der Waals surface area (Å²) >= 11 is 0. The quantitative estimate of drug-likeness (QED) is 0.0903. The summed E-state index contributed by atoms with van der Waals surface area (Å²) in [5, 5.41) is 8.73. The average Bonchev–Trinajstić information content (AvgIpc) is 2.86. The molecule has 0 aromatic heterocycles. The summed E-state index contributed by atoms with van der Waals surface area (Å²) < 4.78 is 32.3. The second-order valence-electron chi connectivity index (χ2n) is 11.0. The van der Waals surface area contributed by atoms with Crippen molar-refractivity contribution >= 4 is 10.1 Å². The fraction of sp³-hybridized carbons (Fsp3) is 0.806. The van der Waals surface area contributed by atoms with E-state index < -0.39 is 10.1 Å². The van der Waals surface area contributed by atoms with Gasteiger partial charge in [0.25, 0.3) is 0 Å². The van der Waals surface area contributed by atoms with Gasteiger partial charge in [0.2, 0.25) is 0 Å². The van der Waals surface area contributed by atoms with Crippen molar-refractivity contribution in [2.45, 2.75) is 141 Å². The zero-order chi connectivity index (χ0) is 27.8. The molecule has 1 N–H and O–H groups in total. The van der Waals surface area contributed by atoms with E-state index in [2.05, 4.69) is 27.8 Å². The van der Waals surface area contributed by atoms with E-state index in [1.165, 1.54) is 140 Å². The molecule has 0 bridgehead atoms. The van der Waals surface area contributed by atoms with Crippen molar-refractivity contribution in [1.29, 1.82) is 0 Å². The van der Waals surface area contributed by atoms with Gasteiger partial charge in [-0.3, -0.25) is 0 Å². The van der Waals surface area contributed by atoms with Gasteiger partial charge in [0.1, 0.15) is 15.9 Å². The molecule has 0 fully saturated rings. The second kappa shape index (κ2) is 22.8. The van der Waals surface area contributed by atoms with Crippen LogP contribution in [-0.4, -0.2) is 49.2 Å². The Labute approximate surface area is 230 Å². The second-order valence-corrected chi connectivity index (χ2v) is 12.4. The Balaban J connectivity index is 0.000000970. The molecule has 1 aromatic rings. The highest BCUT2D eigenvalue weighted by atomic mass is 32.2. The molecule has 0 amide bonds. The van der Waals surface area contributed by atoms with Gasteiger partial charge < -0.3 is 14.1 Å². The van der Waals surface area contributed by atoms with Crippen molar-refractivity contribution in [1.82, 2.24) is 0 Å². The van der Waals surface area contributed by atoms with Gasteiger partial charge in [0.15, 0.2) is 0 Å². The van der Waals surface area contributed by atoms with E-state index in [1.54, 1.807) is 0 Å². The lowest BCUT2D eigenvalue weighted by Gasteiger charge is -2.35. The van der Waals surface area contributed by atoms with Crippen LogP contribution in [0.25, 0.3) is 0 Å². The standard InChI is InChI=1S/C25H54N.C6H6O4S/c1-5-8-11-14-17-20-23-26(4,24-21-18-15-12-9-6-2)25-22-19-16-13-10-7-3;7-5-1-3-6(4-2-5)11(8,9)10/h5-25H2,1-4H3;1-4,7H,(H,8,9,10)/q+1;/p-1. The number of aromatic hydroxyl groups is 1. The van der Waals surface area contributed by atoms with Crippen molar-refractivity contribution in [2.75, 3.05) is 26.7 Å². The summed E-state index contributed by atoms with van der Waals surface area (Å²) in [7, 11) is -1.82. The number of unbranched alkanes of at least 4 members (excludes halogenated alkanes) is 15. The van der Waals surface area contributed by atoms with Crippen LogP contribution in [-0.2, 0) is 10.1 Å². The zero-order valence-corrected chi connectivity index (χ0v) is 25.5. The van der Waals surface area contributed by atoms with E-state index in [0.29, 0.717) is 0 Å². The molecule has 218 valence electrons. The predicted molar refractivity (Wildman–Crippen MR) is 157 cm³/mol. The van der Waals surface area contributed by atoms with Crippen LogP contribution in [0.5, 0.6) is 5.75 Å². The third-order valence-electron chi connectivity index (χ3n) is 7.28. The maximum atomic E-state index is 10.3. The first-order valence-electron chi connectivity index (χ1n) is 15.3. The van der Waals surface area contributed by atoms with Crippen LogP contribution in [0, 0.1) is 0 Å². The zero-order valence-electron chi connectivity index (χ0n) is 24.7. The van der Waals surface area contributed by atoms with Gasteiger partial charge in [-0.1, -0.05) is 97.8 Å². The number of phenols is 1. The van der Waals surface area contributed by atoms with Crippen molar-refractivity contribution in [2.24, 2.45) is 0 Å². The van der Waals surface area contributed by atoms with E-state index in [9.17, 15) is 13.0 Å². The Hall–Kier alpha value is -1.11. The molecule has 1 aromatic carbocycles. The lowest BCUT2D eigenvalue weighted by atomic mass is 10.1. The first-order chi connectivity index (χ1) is 17.7. The summed E-state index contributed by atoms with van der Waals surface area (Å²) in [5.41, 5.74) is 0. The first-order valence-corrected chi connectivity index (χ1v) is 16.7. The molecule has 5 nitrogen and oxygen atoms in total. The van der Waals surface area contributed by atoms with Gasteiger partial charge in [-0.2, -0.15) is 0 Å². The number of rotatable bonds is 22. The molecular formula is C31H59NO4S. The Morgan fingerprint density at radius 1 is 0.595 bits per heavy atom. The van der Waals surface area contributed by atoms with Crippen LogP contribution in [0.2, 0.25) is 0 Å². The van der Waals surface area contributed by atoms with Crippen molar-refractivity contribution < 1.29 is 22.6 Å². The Kier molecular flexibility index (Phi) is 22.2. The van der Waals surface area contributed by atoms with Crippen LogP contribution in [0.4, 0.5) is 0 Å². The van der Waals surface area contributed by atoms with E-state index in [0.717, 1.165) is 24.3 Å². The van der Waals surface area contributed by atoms with Gasteiger partial charge in [-0.25, -0.2) is 8.42 Å². The molecule has 0 spiro atoms. The van der Waals surface area contributed by atoms with Gasteiger partial charge >= 0.3 is 0 Å². The summed E-state index contributed by atoms with van der Waals surface area (Å²) in [6.07, 6.45) is 25.9. The number of phenolic OH excluding ortho intramolecular Hbond substituents is 1. The Morgan fingerprint density at radius 3 is 1.19 bits per heavy atom. The van der Waals surface area contributed by atoms with Crippen LogP contribution >= 0.6 is 0 Å². The monoisotopic (exact) mass is 541 g/mol. The molecular weight excluding hydrogens is 482 g/mol. The predicted octanol–water partition coefficient (Wildman–Crippen LogP) is 8.81. The molecule has 1 rings (SSSR count). The van der Waals surface area contributed by atoms with Gasteiger partial charge in [-0.05, 0) is 62.8 Å². The molecule has 6 heteroatoms. The minimum atomic E-state index is -4.38. The molecule has 37 heavy (non-hydrogen) atoms. The molecule has 0 aliphatic heterocycles.